The normalized spacial score (nSPS) is 16.6. The van der Waals surface area contributed by atoms with Crippen molar-refractivity contribution in [2.75, 3.05) is 36.0 Å². The zero-order valence-corrected chi connectivity index (χ0v) is 19.2. The predicted molar refractivity (Wildman–Crippen MR) is 132 cm³/mol. The third-order valence-corrected chi connectivity index (χ3v) is 7.03. The molecule has 0 N–H and O–H groups in total. The van der Waals surface area contributed by atoms with Crippen molar-refractivity contribution in [1.82, 2.24) is 24.5 Å². The number of benzene rings is 2. The molecule has 0 radical (unpaired) electrons. The summed E-state index contributed by atoms with van der Waals surface area (Å²) in [7, 11) is 0. The van der Waals surface area contributed by atoms with Crippen molar-refractivity contribution in [3.63, 3.8) is 0 Å². The maximum atomic E-state index is 6.72. The third kappa shape index (κ3) is 3.20. The van der Waals surface area contributed by atoms with Crippen LogP contribution in [0.25, 0.3) is 28.1 Å². The molecule has 0 bridgehead atoms. The largest absolute Gasteiger partial charge is 0.368 e. The van der Waals surface area contributed by atoms with Crippen LogP contribution in [0.2, 0.25) is 5.02 Å². The lowest BCUT2D eigenvalue weighted by Crippen LogP contribution is -2.47. The molecule has 34 heavy (non-hydrogen) atoms. The number of rotatable bonds is 4. The maximum absolute atomic E-state index is 6.72. The summed E-state index contributed by atoms with van der Waals surface area (Å²) in [5, 5.41) is 5.77. The molecule has 0 spiro atoms. The molecule has 2 aliphatic rings. The molecule has 1 aliphatic heterocycles. The molecule has 2 aromatic carbocycles. The highest BCUT2D eigenvalue weighted by molar-refractivity contribution is 6.36. The fraction of sp³-hybridized carbons (Fsp3) is 0.280. The van der Waals surface area contributed by atoms with E-state index in [-0.39, 0.29) is 0 Å². The van der Waals surface area contributed by atoms with Crippen LogP contribution in [0.3, 0.4) is 0 Å². The van der Waals surface area contributed by atoms with E-state index >= 15 is 0 Å². The van der Waals surface area contributed by atoms with Crippen molar-refractivity contribution < 1.29 is 4.52 Å². The second-order valence-electron chi connectivity index (χ2n) is 8.90. The van der Waals surface area contributed by atoms with Crippen LogP contribution < -0.4 is 9.80 Å². The molecule has 7 rings (SSSR count). The number of halogens is 1. The molecule has 0 unspecified atom stereocenters. The minimum absolute atomic E-state index is 0.412. The summed E-state index contributed by atoms with van der Waals surface area (Å²) in [6.07, 6.45) is 3.99. The van der Waals surface area contributed by atoms with Gasteiger partial charge in [-0.25, -0.2) is 9.97 Å². The summed E-state index contributed by atoms with van der Waals surface area (Å²) in [5.74, 6) is 2.45. The molecule has 170 valence electrons. The zero-order valence-electron chi connectivity index (χ0n) is 18.4. The minimum Gasteiger partial charge on any atom is -0.368 e. The molecule has 1 saturated heterocycles. The van der Waals surface area contributed by atoms with Gasteiger partial charge in [0.25, 0.3) is 5.89 Å². The number of para-hydroxylation sites is 1. The van der Waals surface area contributed by atoms with E-state index in [1.54, 1.807) is 6.33 Å². The molecule has 2 fully saturated rings. The van der Waals surface area contributed by atoms with E-state index in [0.717, 1.165) is 61.6 Å². The van der Waals surface area contributed by atoms with Crippen LogP contribution in [0, 0.1) is 0 Å². The van der Waals surface area contributed by atoms with Crippen LogP contribution in [0.1, 0.15) is 24.6 Å². The van der Waals surface area contributed by atoms with Gasteiger partial charge in [-0.15, -0.1) is 0 Å². The second-order valence-corrected chi connectivity index (χ2v) is 9.31. The van der Waals surface area contributed by atoms with Gasteiger partial charge < -0.3 is 14.3 Å². The molecular formula is C25H22ClN7O. The Balaban J connectivity index is 1.31. The van der Waals surface area contributed by atoms with E-state index in [0.29, 0.717) is 28.2 Å². The zero-order chi connectivity index (χ0) is 22.6. The summed E-state index contributed by atoms with van der Waals surface area (Å²) in [4.78, 5) is 19.0. The van der Waals surface area contributed by atoms with Gasteiger partial charge in [-0.05, 0) is 37.1 Å². The van der Waals surface area contributed by atoms with Crippen molar-refractivity contribution in [3.8, 4) is 11.6 Å². The van der Waals surface area contributed by atoms with E-state index in [9.17, 15) is 0 Å². The van der Waals surface area contributed by atoms with Gasteiger partial charge in [-0.2, -0.15) is 4.98 Å². The Hall–Kier alpha value is -3.65. The summed E-state index contributed by atoms with van der Waals surface area (Å²) >= 11 is 6.72. The minimum atomic E-state index is 0.412. The fourth-order valence-corrected chi connectivity index (χ4v) is 5.00. The molecular weight excluding hydrogens is 450 g/mol. The predicted octanol–water partition coefficient (Wildman–Crippen LogP) is 4.79. The van der Waals surface area contributed by atoms with Gasteiger partial charge in [-0.3, -0.25) is 4.40 Å². The van der Waals surface area contributed by atoms with Gasteiger partial charge in [0.1, 0.15) is 12.1 Å². The molecule has 9 heteroatoms. The van der Waals surface area contributed by atoms with Crippen molar-refractivity contribution in [2.45, 2.75) is 18.8 Å². The standard InChI is InChI=1S/C25H22ClN7O/c26-18-7-4-8-19-20(18)23(32-13-11-31(12-14-32)17-5-2-1-3-6-17)29-24-21(27-15-33(19)24)25-28-22(30-34-25)16-9-10-16/h1-8,15-16H,9-14H2. The summed E-state index contributed by atoms with van der Waals surface area (Å²) in [6.45, 7) is 3.50. The number of piperazine rings is 1. The van der Waals surface area contributed by atoms with Gasteiger partial charge >= 0.3 is 0 Å². The van der Waals surface area contributed by atoms with E-state index in [2.05, 4.69) is 55.3 Å². The van der Waals surface area contributed by atoms with Gasteiger partial charge in [0, 0.05) is 37.8 Å². The lowest BCUT2D eigenvalue weighted by atomic mass is 10.2. The second kappa shape index (κ2) is 7.70. The molecule has 5 aromatic rings. The van der Waals surface area contributed by atoms with Crippen molar-refractivity contribution >= 4 is 39.7 Å². The Morgan fingerprint density at radius 3 is 2.47 bits per heavy atom. The van der Waals surface area contributed by atoms with Gasteiger partial charge in [0.05, 0.1) is 15.9 Å². The first-order chi connectivity index (χ1) is 16.8. The van der Waals surface area contributed by atoms with Crippen molar-refractivity contribution in [3.05, 3.63) is 65.7 Å². The Labute approximate surface area is 200 Å². The number of aromatic nitrogens is 5. The molecule has 3 aromatic heterocycles. The first-order valence-corrected chi connectivity index (χ1v) is 12.0. The SMILES string of the molecule is Clc1cccc2c1c(N1CCN(c3ccccc3)CC1)nc1c(-c3nc(C4CC4)no3)ncn12. The van der Waals surface area contributed by atoms with Crippen LogP contribution in [-0.4, -0.2) is 50.7 Å². The maximum Gasteiger partial charge on any atom is 0.280 e. The summed E-state index contributed by atoms with van der Waals surface area (Å²) in [5.41, 5.74) is 3.50. The molecule has 8 nitrogen and oxygen atoms in total. The fourth-order valence-electron chi connectivity index (χ4n) is 4.75. The van der Waals surface area contributed by atoms with E-state index in [4.69, 9.17) is 21.1 Å². The quantitative estimate of drug-likeness (QED) is 0.373. The first kappa shape index (κ1) is 19.8. The topological polar surface area (TPSA) is 75.6 Å². The Morgan fingerprint density at radius 1 is 0.882 bits per heavy atom. The van der Waals surface area contributed by atoms with Gasteiger partial charge in [0.15, 0.2) is 17.2 Å². The highest BCUT2D eigenvalue weighted by atomic mass is 35.5. The van der Waals surface area contributed by atoms with Crippen molar-refractivity contribution in [1.29, 1.82) is 0 Å². The van der Waals surface area contributed by atoms with E-state index in [1.165, 1.54) is 5.69 Å². The molecule has 0 amide bonds. The number of imidazole rings is 1. The van der Waals surface area contributed by atoms with E-state index < -0.39 is 0 Å². The first-order valence-electron chi connectivity index (χ1n) is 11.6. The number of hydrogen-bond donors (Lipinski definition) is 0. The van der Waals surface area contributed by atoms with Crippen LogP contribution in [0.5, 0.6) is 0 Å². The Morgan fingerprint density at radius 2 is 1.68 bits per heavy atom. The Kier molecular flexibility index (Phi) is 4.48. The molecule has 1 aliphatic carbocycles. The summed E-state index contributed by atoms with van der Waals surface area (Å²) < 4.78 is 7.54. The van der Waals surface area contributed by atoms with Crippen LogP contribution in [0.15, 0.2) is 59.4 Å². The average Bonchev–Trinajstić information content (AvgIpc) is 3.46. The molecule has 0 atom stereocenters. The Bertz CT molecular complexity index is 1500. The van der Waals surface area contributed by atoms with Crippen molar-refractivity contribution in [2.24, 2.45) is 0 Å². The van der Waals surface area contributed by atoms with Crippen LogP contribution in [0.4, 0.5) is 11.5 Å². The monoisotopic (exact) mass is 471 g/mol. The highest BCUT2D eigenvalue weighted by Gasteiger charge is 2.30. The smallest absolute Gasteiger partial charge is 0.280 e. The number of fused-ring (bicyclic) bond motifs is 3. The van der Waals surface area contributed by atoms with Gasteiger partial charge in [-0.1, -0.05) is 41.0 Å². The lowest BCUT2D eigenvalue weighted by molar-refractivity contribution is 0.422. The highest BCUT2D eigenvalue weighted by Crippen LogP contribution is 2.39. The molecule has 1 saturated carbocycles. The number of nitrogens with zero attached hydrogens (tertiary/aromatic N) is 7. The van der Waals surface area contributed by atoms with Crippen LogP contribution >= 0.6 is 11.6 Å². The lowest BCUT2D eigenvalue weighted by Gasteiger charge is -2.37. The van der Waals surface area contributed by atoms with E-state index in [1.807, 2.05) is 22.6 Å². The van der Waals surface area contributed by atoms with Crippen LogP contribution in [-0.2, 0) is 0 Å². The number of anilines is 2. The van der Waals surface area contributed by atoms with Gasteiger partial charge in [0.2, 0.25) is 0 Å². The number of hydrogen-bond acceptors (Lipinski definition) is 7. The third-order valence-electron chi connectivity index (χ3n) is 6.72. The average molecular weight is 472 g/mol. The summed E-state index contributed by atoms with van der Waals surface area (Å²) in [6, 6.07) is 16.4. The molecule has 4 heterocycles.